The Balaban J connectivity index is 1.43. The molecule has 0 spiro atoms. The maximum absolute atomic E-state index is 12.8. The van der Waals surface area contributed by atoms with Crippen molar-refractivity contribution in [3.05, 3.63) is 52.0 Å². The molecule has 2 fully saturated rings. The number of ether oxygens (including phenoxy) is 1. The van der Waals surface area contributed by atoms with Crippen molar-refractivity contribution in [2.24, 2.45) is 16.7 Å². The summed E-state index contributed by atoms with van der Waals surface area (Å²) in [5.74, 6) is 0.182. The summed E-state index contributed by atoms with van der Waals surface area (Å²) in [5, 5.41) is 23.5. The van der Waals surface area contributed by atoms with Crippen LogP contribution in [0.1, 0.15) is 56.0 Å². The first kappa shape index (κ1) is 21.0. The average Bonchev–Trinajstić information content (AvgIpc) is 3.02. The van der Waals surface area contributed by atoms with E-state index in [0.29, 0.717) is 18.2 Å². The number of esters is 1. The summed E-state index contributed by atoms with van der Waals surface area (Å²) in [7, 11) is 0. The van der Waals surface area contributed by atoms with E-state index >= 15 is 0 Å². The summed E-state index contributed by atoms with van der Waals surface area (Å²) >= 11 is 3.39. The zero-order chi connectivity index (χ0) is 21.7. The fourth-order valence-electron chi connectivity index (χ4n) is 5.21. The van der Waals surface area contributed by atoms with Gasteiger partial charge in [-0.2, -0.15) is 0 Å². The molecular weight excluding hydrogens is 446 g/mol. The highest BCUT2D eigenvalue weighted by atomic mass is 79.9. The number of anilines is 1. The van der Waals surface area contributed by atoms with Crippen LogP contribution in [0.3, 0.4) is 0 Å². The van der Waals surface area contributed by atoms with Crippen molar-refractivity contribution in [1.29, 1.82) is 0 Å². The molecule has 3 unspecified atom stereocenters. The van der Waals surface area contributed by atoms with E-state index in [2.05, 4.69) is 42.0 Å². The number of halogens is 1. The number of phenolic OH excluding ortho intramolecular Hbond substituents is 2. The van der Waals surface area contributed by atoms with Crippen LogP contribution in [0, 0.1) is 16.7 Å². The molecule has 6 heteroatoms. The smallest absolute Gasteiger partial charge is 0.342 e. The van der Waals surface area contributed by atoms with Crippen LogP contribution < -0.4 is 5.32 Å². The van der Waals surface area contributed by atoms with Gasteiger partial charge in [-0.25, -0.2) is 4.79 Å². The molecule has 2 aliphatic rings. The molecule has 0 saturated heterocycles. The normalized spacial score (nSPS) is 26.5. The van der Waals surface area contributed by atoms with Gasteiger partial charge in [0.2, 0.25) is 0 Å². The molecule has 2 aromatic carbocycles. The summed E-state index contributed by atoms with van der Waals surface area (Å²) in [6.07, 6.45) is 3.04. The fourth-order valence-corrected chi connectivity index (χ4v) is 5.62. The Kier molecular flexibility index (Phi) is 5.25. The summed E-state index contributed by atoms with van der Waals surface area (Å²) < 4.78 is 6.76. The first-order valence-electron chi connectivity index (χ1n) is 10.4. The van der Waals surface area contributed by atoms with Crippen LogP contribution in [-0.4, -0.2) is 22.3 Å². The number of nitrogens with one attached hydrogen (secondary N) is 1. The molecule has 30 heavy (non-hydrogen) atoms. The lowest BCUT2D eigenvalue weighted by molar-refractivity contribution is -0.0244. The Bertz CT molecular complexity index is 989. The van der Waals surface area contributed by atoms with Gasteiger partial charge in [0.05, 0.1) is 0 Å². The highest BCUT2D eigenvalue weighted by molar-refractivity contribution is 9.10. The summed E-state index contributed by atoms with van der Waals surface area (Å²) in [4.78, 5) is 12.8. The van der Waals surface area contributed by atoms with Crippen LogP contribution >= 0.6 is 15.9 Å². The minimum absolute atomic E-state index is 0.0175. The van der Waals surface area contributed by atoms with Gasteiger partial charge in [0.1, 0.15) is 23.2 Å². The van der Waals surface area contributed by atoms with Crippen LogP contribution in [-0.2, 0) is 11.3 Å². The Morgan fingerprint density at radius 2 is 1.93 bits per heavy atom. The van der Waals surface area contributed by atoms with Gasteiger partial charge in [-0.1, -0.05) is 36.7 Å². The predicted molar refractivity (Wildman–Crippen MR) is 120 cm³/mol. The van der Waals surface area contributed by atoms with Gasteiger partial charge in [0, 0.05) is 33.7 Å². The summed E-state index contributed by atoms with van der Waals surface area (Å²) in [6.45, 7) is 7.16. The molecule has 0 heterocycles. The number of phenols is 2. The number of carbonyl (C=O) groups is 1. The van der Waals surface area contributed by atoms with Gasteiger partial charge in [0.15, 0.2) is 0 Å². The zero-order valence-corrected chi connectivity index (χ0v) is 19.1. The molecule has 0 amide bonds. The van der Waals surface area contributed by atoms with Gasteiger partial charge in [-0.15, -0.1) is 0 Å². The molecule has 3 N–H and O–H groups in total. The highest BCUT2D eigenvalue weighted by Crippen LogP contribution is 2.66. The molecule has 2 aromatic rings. The number of rotatable bonds is 5. The van der Waals surface area contributed by atoms with Gasteiger partial charge in [0.25, 0.3) is 0 Å². The minimum Gasteiger partial charge on any atom is -0.508 e. The van der Waals surface area contributed by atoms with Crippen LogP contribution in [0.5, 0.6) is 11.5 Å². The van der Waals surface area contributed by atoms with Crippen molar-refractivity contribution < 1.29 is 19.7 Å². The average molecular weight is 474 g/mol. The van der Waals surface area contributed by atoms with E-state index in [1.807, 2.05) is 6.07 Å². The van der Waals surface area contributed by atoms with Gasteiger partial charge < -0.3 is 20.3 Å². The van der Waals surface area contributed by atoms with Crippen LogP contribution in [0.4, 0.5) is 5.69 Å². The van der Waals surface area contributed by atoms with Gasteiger partial charge >= 0.3 is 5.97 Å². The third-order valence-electron chi connectivity index (χ3n) is 7.71. The van der Waals surface area contributed by atoms with E-state index in [-0.39, 0.29) is 34.0 Å². The van der Waals surface area contributed by atoms with E-state index in [1.165, 1.54) is 12.5 Å². The molecule has 2 bridgehead atoms. The van der Waals surface area contributed by atoms with Crippen molar-refractivity contribution in [2.45, 2.75) is 52.7 Å². The lowest BCUT2D eigenvalue weighted by atomic mass is 9.70. The van der Waals surface area contributed by atoms with Crippen LogP contribution in [0.15, 0.2) is 40.9 Å². The SMILES string of the molecule is CC1(C)C2CCC1(C)C(OC(=O)c1ccc(NCc3cc(Br)ccc3O)cc1O)C2. The van der Waals surface area contributed by atoms with E-state index in [0.717, 1.165) is 22.9 Å². The second kappa shape index (κ2) is 7.49. The quantitative estimate of drug-likeness (QED) is 0.475. The molecule has 2 aliphatic carbocycles. The molecule has 4 rings (SSSR count). The van der Waals surface area contributed by atoms with Crippen LogP contribution in [0.25, 0.3) is 0 Å². The third-order valence-corrected chi connectivity index (χ3v) is 8.20. The second-order valence-corrected chi connectivity index (χ2v) is 10.3. The lowest BCUT2D eigenvalue weighted by Crippen LogP contribution is -2.38. The predicted octanol–water partition coefficient (Wildman–Crippen LogP) is 5.84. The number of carbonyl (C=O) groups excluding carboxylic acids is 1. The largest absolute Gasteiger partial charge is 0.508 e. The molecule has 2 saturated carbocycles. The topological polar surface area (TPSA) is 78.8 Å². The van der Waals surface area contributed by atoms with Crippen LogP contribution in [0.2, 0.25) is 0 Å². The maximum Gasteiger partial charge on any atom is 0.342 e. The first-order valence-corrected chi connectivity index (χ1v) is 11.2. The third kappa shape index (κ3) is 3.45. The van der Waals surface area contributed by atoms with E-state index in [9.17, 15) is 15.0 Å². The molecule has 160 valence electrons. The molecule has 0 aliphatic heterocycles. The number of fused-ring (bicyclic) bond motifs is 2. The Morgan fingerprint density at radius 3 is 2.57 bits per heavy atom. The summed E-state index contributed by atoms with van der Waals surface area (Å²) in [5.41, 5.74) is 1.69. The summed E-state index contributed by atoms with van der Waals surface area (Å²) in [6, 6.07) is 10.0. The van der Waals surface area contributed by atoms with E-state index in [4.69, 9.17) is 4.74 Å². The fraction of sp³-hybridized carbons (Fsp3) is 0.458. The number of hydrogen-bond donors (Lipinski definition) is 3. The van der Waals surface area contributed by atoms with Crippen molar-refractivity contribution in [2.75, 3.05) is 5.32 Å². The zero-order valence-electron chi connectivity index (χ0n) is 17.5. The Morgan fingerprint density at radius 1 is 1.17 bits per heavy atom. The first-order chi connectivity index (χ1) is 14.1. The van der Waals surface area contributed by atoms with Gasteiger partial charge in [-0.3, -0.25) is 0 Å². The van der Waals surface area contributed by atoms with Crippen molar-refractivity contribution in [3.8, 4) is 11.5 Å². The molecule has 0 radical (unpaired) electrons. The highest BCUT2D eigenvalue weighted by Gasteiger charge is 2.62. The monoisotopic (exact) mass is 473 g/mol. The molecule has 0 aromatic heterocycles. The van der Waals surface area contributed by atoms with E-state index < -0.39 is 5.97 Å². The molecule has 3 atom stereocenters. The van der Waals surface area contributed by atoms with Gasteiger partial charge in [-0.05, 0) is 60.9 Å². The van der Waals surface area contributed by atoms with Crippen molar-refractivity contribution in [3.63, 3.8) is 0 Å². The molecular formula is C24H28BrNO4. The lowest BCUT2D eigenvalue weighted by Gasteiger charge is -2.38. The second-order valence-electron chi connectivity index (χ2n) is 9.36. The Hall–Kier alpha value is -2.21. The number of hydrogen-bond acceptors (Lipinski definition) is 5. The Labute approximate surface area is 185 Å². The number of benzene rings is 2. The van der Waals surface area contributed by atoms with Crippen molar-refractivity contribution >= 4 is 27.6 Å². The minimum atomic E-state index is -0.474. The standard InChI is InChI=1S/C24H28BrNO4/c1-23(2)15-8-9-24(23,3)21(11-15)30-22(29)18-6-5-17(12-20(18)28)26-13-14-10-16(25)4-7-19(14)27/h4-7,10,12,15,21,26-28H,8-9,11,13H2,1-3H3. The van der Waals surface area contributed by atoms with Crippen molar-refractivity contribution in [1.82, 2.24) is 0 Å². The number of aromatic hydroxyl groups is 2. The van der Waals surface area contributed by atoms with E-state index in [1.54, 1.807) is 24.3 Å². The maximum atomic E-state index is 12.8. The molecule has 5 nitrogen and oxygen atoms in total.